The Bertz CT molecular complexity index is 128. The highest BCUT2D eigenvalue weighted by atomic mass is 79.9. The molecule has 0 aliphatic carbocycles. The van der Waals surface area contributed by atoms with Gasteiger partial charge in [-0.1, -0.05) is 54.5 Å². The second kappa shape index (κ2) is 9.77. The molecule has 0 aromatic rings. The van der Waals surface area contributed by atoms with Crippen LogP contribution in [0.1, 0.15) is 44.9 Å². The summed E-state index contributed by atoms with van der Waals surface area (Å²) in [4.78, 5) is 0. The lowest BCUT2D eigenvalue weighted by molar-refractivity contribution is 0.603. The van der Waals surface area contributed by atoms with Crippen LogP contribution in [-0.2, 0) is 0 Å². The third-order valence-electron chi connectivity index (χ3n) is 2.09. The van der Waals surface area contributed by atoms with Crippen molar-refractivity contribution < 1.29 is 0 Å². The summed E-state index contributed by atoms with van der Waals surface area (Å²) in [5.41, 5.74) is 0. The molecule has 0 nitrogen and oxygen atoms in total. The monoisotopic (exact) mass is 338 g/mol. The van der Waals surface area contributed by atoms with Gasteiger partial charge < -0.3 is 0 Å². The van der Waals surface area contributed by atoms with Gasteiger partial charge in [-0.25, -0.2) is 0 Å². The summed E-state index contributed by atoms with van der Waals surface area (Å²) >= 11 is 20.8. The van der Waals surface area contributed by atoms with Crippen LogP contribution in [-0.4, -0.2) is 11.3 Å². The molecule has 0 aliphatic rings. The predicted molar refractivity (Wildman–Crippen MR) is 74.2 cm³/mol. The Kier molecular flexibility index (Phi) is 10.9. The van der Waals surface area contributed by atoms with E-state index in [0.717, 1.165) is 17.8 Å². The number of alkyl halides is 1. The Balaban J connectivity index is 2.99. The Morgan fingerprint density at radius 1 is 0.714 bits per heavy atom. The maximum absolute atomic E-state index is 5.78. The van der Waals surface area contributed by atoms with Gasteiger partial charge in [0.15, 0.2) is 0 Å². The van der Waals surface area contributed by atoms with Crippen LogP contribution in [0.4, 0.5) is 0 Å². The first-order chi connectivity index (χ1) is 6.56. The van der Waals surface area contributed by atoms with Crippen molar-refractivity contribution in [2.75, 3.05) is 5.33 Å². The number of rotatable bonds is 9. The van der Waals surface area contributed by atoms with Crippen molar-refractivity contribution in [1.29, 1.82) is 0 Å². The molecule has 0 aromatic carbocycles. The fourth-order valence-corrected chi connectivity index (χ4v) is 3.55. The molecule has 0 fully saturated rings. The van der Waals surface area contributed by atoms with E-state index in [2.05, 4.69) is 15.9 Å². The average Bonchev–Trinajstić information content (AvgIpc) is 2.08. The second-order valence-electron chi connectivity index (χ2n) is 3.53. The van der Waals surface area contributed by atoms with Gasteiger partial charge >= 0.3 is 6.00 Å². The quantitative estimate of drug-likeness (QED) is 0.216. The molecule has 0 atom stereocenters. The summed E-state index contributed by atoms with van der Waals surface area (Å²) in [6.45, 7) is 0. The van der Waals surface area contributed by atoms with E-state index < -0.39 is 6.00 Å². The van der Waals surface area contributed by atoms with E-state index in [1.807, 2.05) is 0 Å². The second-order valence-corrected chi connectivity index (χ2v) is 13.6. The molecule has 0 rings (SSSR count). The highest BCUT2D eigenvalue weighted by Gasteiger charge is 2.23. The zero-order valence-electron chi connectivity index (χ0n) is 8.38. The number of hydrogen-bond acceptors (Lipinski definition) is 0. The van der Waals surface area contributed by atoms with Gasteiger partial charge in [0.05, 0.1) is 0 Å². The summed E-state index contributed by atoms with van der Waals surface area (Å²) in [7, 11) is 0. The van der Waals surface area contributed by atoms with Crippen LogP contribution in [0.5, 0.6) is 0 Å². The van der Waals surface area contributed by atoms with Crippen molar-refractivity contribution in [3.63, 3.8) is 0 Å². The van der Waals surface area contributed by atoms with Crippen LogP contribution in [0, 0.1) is 0 Å². The molecule has 0 aromatic heterocycles. The van der Waals surface area contributed by atoms with E-state index in [-0.39, 0.29) is 0 Å². The van der Waals surface area contributed by atoms with Crippen molar-refractivity contribution in [1.82, 2.24) is 0 Å². The molecule has 0 spiro atoms. The minimum absolute atomic E-state index is 0.819. The number of halogens is 4. The van der Waals surface area contributed by atoms with Crippen molar-refractivity contribution in [3.8, 4) is 0 Å². The fraction of sp³-hybridized carbons (Fsp3) is 1.00. The highest BCUT2D eigenvalue weighted by molar-refractivity contribution is 9.09. The number of unbranched alkanes of at least 4 members (excludes halogenated alkanes) is 6. The summed E-state index contributed by atoms with van der Waals surface area (Å²) in [6, 6.07) is -1.51. The topological polar surface area (TPSA) is 0 Å². The molecule has 0 unspecified atom stereocenters. The van der Waals surface area contributed by atoms with Gasteiger partial charge in [-0.15, -0.1) is 33.2 Å². The molecule has 0 N–H and O–H groups in total. The van der Waals surface area contributed by atoms with Gasteiger partial charge in [-0.2, -0.15) is 0 Å². The molecule has 5 heteroatoms. The molecule has 0 radical (unpaired) electrons. The van der Waals surface area contributed by atoms with Gasteiger partial charge in [0.25, 0.3) is 0 Å². The van der Waals surface area contributed by atoms with Crippen LogP contribution in [0.2, 0.25) is 6.04 Å². The van der Waals surface area contributed by atoms with E-state index in [0.29, 0.717) is 0 Å². The normalized spacial score (nSPS) is 12.0. The fourth-order valence-electron chi connectivity index (χ4n) is 1.30. The predicted octanol–water partition coefficient (Wildman–Crippen LogP) is 5.77. The Hall–Kier alpha value is 1.57. The molecule has 0 bridgehead atoms. The Morgan fingerprint density at radius 2 is 1.14 bits per heavy atom. The first-order valence-electron chi connectivity index (χ1n) is 5.19. The zero-order chi connectivity index (χ0) is 10.9. The molecule has 0 heterocycles. The van der Waals surface area contributed by atoms with Gasteiger partial charge in [0.1, 0.15) is 0 Å². The molecule has 0 amide bonds. The lowest BCUT2D eigenvalue weighted by Crippen LogP contribution is -2.07. The highest BCUT2D eigenvalue weighted by Crippen LogP contribution is 2.27. The Labute approximate surface area is 111 Å². The van der Waals surface area contributed by atoms with Crippen LogP contribution >= 0.6 is 49.2 Å². The third-order valence-corrected chi connectivity index (χ3v) is 5.28. The minimum Gasteiger partial charge on any atom is -0.126 e. The van der Waals surface area contributed by atoms with Gasteiger partial charge in [-0.05, 0) is 12.5 Å². The average molecular weight is 341 g/mol. The third kappa shape index (κ3) is 13.6. The standard InChI is InChI=1S/C9H18BrCl3Si/c10-8-6-4-2-1-3-5-7-9-14(11,12)13/h1-9H2. The lowest BCUT2D eigenvalue weighted by Gasteiger charge is -2.06. The Morgan fingerprint density at radius 3 is 1.57 bits per heavy atom. The van der Waals surface area contributed by atoms with Gasteiger partial charge in [-0.3, -0.25) is 0 Å². The maximum atomic E-state index is 5.78. The molecular formula is C9H18BrCl3Si. The smallest absolute Gasteiger partial charge is 0.126 e. The first kappa shape index (κ1) is 15.6. The summed E-state index contributed by atoms with van der Waals surface area (Å²) in [5, 5.41) is 1.13. The van der Waals surface area contributed by atoms with E-state index in [4.69, 9.17) is 33.2 Å². The molecule has 14 heavy (non-hydrogen) atoms. The maximum Gasteiger partial charge on any atom is 0.341 e. The molecule has 0 saturated carbocycles. The summed E-state index contributed by atoms with van der Waals surface area (Å²) < 4.78 is 0. The van der Waals surface area contributed by atoms with E-state index >= 15 is 0 Å². The van der Waals surface area contributed by atoms with Crippen LogP contribution < -0.4 is 0 Å². The van der Waals surface area contributed by atoms with Crippen molar-refractivity contribution >= 4 is 55.2 Å². The van der Waals surface area contributed by atoms with Crippen molar-refractivity contribution in [2.45, 2.75) is 51.0 Å². The molecule has 0 saturated heterocycles. The van der Waals surface area contributed by atoms with E-state index in [1.54, 1.807) is 0 Å². The molecule has 86 valence electrons. The largest absolute Gasteiger partial charge is 0.341 e. The number of hydrogen-bond donors (Lipinski definition) is 0. The van der Waals surface area contributed by atoms with E-state index in [1.165, 1.54) is 38.5 Å². The van der Waals surface area contributed by atoms with Gasteiger partial charge in [0.2, 0.25) is 0 Å². The molecule has 0 aliphatic heterocycles. The van der Waals surface area contributed by atoms with E-state index in [9.17, 15) is 0 Å². The van der Waals surface area contributed by atoms with Crippen LogP contribution in [0.25, 0.3) is 0 Å². The van der Waals surface area contributed by atoms with Gasteiger partial charge in [0, 0.05) is 5.33 Å². The van der Waals surface area contributed by atoms with Crippen LogP contribution in [0.15, 0.2) is 0 Å². The first-order valence-corrected chi connectivity index (χ1v) is 11.6. The van der Waals surface area contributed by atoms with Crippen molar-refractivity contribution in [2.24, 2.45) is 0 Å². The summed E-state index contributed by atoms with van der Waals surface area (Å²) in [6.07, 6.45) is 8.89. The molecular weight excluding hydrogens is 322 g/mol. The summed E-state index contributed by atoms with van der Waals surface area (Å²) in [5.74, 6) is 0. The minimum atomic E-state index is -2.33. The lowest BCUT2D eigenvalue weighted by atomic mass is 10.1. The van der Waals surface area contributed by atoms with Crippen LogP contribution in [0.3, 0.4) is 0 Å². The zero-order valence-corrected chi connectivity index (χ0v) is 13.2. The SMILES string of the molecule is Cl[Si](Cl)(Cl)CCCCCCCCCBr. The van der Waals surface area contributed by atoms with Crippen molar-refractivity contribution in [3.05, 3.63) is 0 Å².